The van der Waals surface area contributed by atoms with Crippen LogP contribution in [0.4, 0.5) is 0 Å². The summed E-state index contributed by atoms with van der Waals surface area (Å²) in [5.74, 6) is 0.365. The molecular weight excluding hydrogens is 286 g/mol. The average Bonchev–Trinajstić information content (AvgIpc) is 3.01. The van der Waals surface area contributed by atoms with Crippen molar-refractivity contribution >= 4 is 17.4 Å². The summed E-state index contributed by atoms with van der Waals surface area (Å²) >= 11 is 5.92. The van der Waals surface area contributed by atoms with E-state index in [9.17, 15) is 4.79 Å². The third-order valence-electron chi connectivity index (χ3n) is 4.84. The van der Waals surface area contributed by atoms with Crippen molar-refractivity contribution in [2.75, 3.05) is 26.3 Å². The van der Waals surface area contributed by atoms with Crippen molar-refractivity contribution in [1.29, 1.82) is 0 Å². The van der Waals surface area contributed by atoms with Gasteiger partial charge in [0.1, 0.15) is 0 Å². The number of ether oxygens (including phenoxy) is 1. The van der Waals surface area contributed by atoms with Gasteiger partial charge in [-0.1, -0.05) is 36.6 Å². The number of hydrogen-bond donors (Lipinski definition) is 0. The molecule has 2 aliphatic rings. The van der Waals surface area contributed by atoms with Crippen LogP contribution < -0.4 is 0 Å². The van der Waals surface area contributed by atoms with Crippen LogP contribution in [0.25, 0.3) is 0 Å². The zero-order chi connectivity index (χ0) is 14.7. The van der Waals surface area contributed by atoms with E-state index in [1.807, 2.05) is 24.3 Å². The molecule has 1 saturated heterocycles. The van der Waals surface area contributed by atoms with Crippen LogP contribution in [0.1, 0.15) is 31.2 Å². The zero-order valence-corrected chi connectivity index (χ0v) is 13.1. The number of carbonyl (C=O) groups is 1. The molecule has 0 aromatic heterocycles. The number of nitrogens with zero attached hydrogens (tertiary/aromatic N) is 1. The van der Waals surface area contributed by atoms with Crippen LogP contribution in [0.5, 0.6) is 0 Å². The molecule has 0 radical (unpaired) electrons. The normalized spacial score (nSPS) is 22.3. The first kappa shape index (κ1) is 15.0. The van der Waals surface area contributed by atoms with E-state index in [0.717, 1.165) is 62.6 Å². The molecule has 0 N–H and O–H groups in total. The van der Waals surface area contributed by atoms with E-state index in [4.69, 9.17) is 16.3 Å². The summed E-state index contributed by atoms with van der Waals surface area (Å²) in [4.78, 5) is 15.4. The van der Waals surface area contributed by atoms with E-state index in [1.54, 1.807) is 0 Å². The lowest BCUT2D eigenvalue weighted by atomic mass is 9.86. The Bertz CT molecular complexity index is 488. The van der Waals surface area contributed by atoms with Gasteiger partial charge < -0.3 is 4.74 Å². The van der Waals surface area contributed by atoms with Crippen LogP contribution in [-0.2, 0) is 16.0 Å². The van der Waals surface area contributed by atoms with Crippen molar-refractivity contribution in [3.8, 4) is 0 Å². The smallest absolute Gasteiger partial charge is 0.157 e. The maximum atomic E-state index is 13.0. The number of benzene rings is 1. The number of morpholine rings is 1. The Morgan fingerprint density at radius 1 is 1.14 bits per heavy atom. The van der Waals surface area contributed by atoms with Crippen LogP contribution in [-0.4, -0.2) is 42.5 Å². The minimum absolute atomic E-state index is 0.247. The largest absolute Gasteiger partial charge is 0.379 e. The number of Topliss-reactive ketones (excluding diaryl/α,β-unsaturated/α-hetero) is 1. The Labute approximate surface area is 131 Å². The quantitative estimate of drug-likeness (QED) is 0.856. The lowest BCUT2D eigenvalue weighted by molar-refractivity contribution is -0.133. The van der Waals surface area contributed by atoms with Crippen molar-refractivity contribution in [2.45, 2.75) is 37.6 Å². The summed E-state index contributed by atoms with van der Waals surface area (Å²) in [5.41, 5.74) is 0.813. The Kier molecular flexibility index (Phi) is 4.63. The van der Waals surface area contributed by atoms with Gasteiger partial charge in [-0.25, -0.2) is 0 Å². The molecule has 0 spiro atoms. The van der Waals surface area contributed by atoms with Gasteiger partial charge in [0.25, 0.3) is 0 Å². The molecule has 1 heterocycles. The first-order valence-electron chi connectivity index (χ1n) is 7.81. The van der Waals surface area contributed by atoms with E-state index in [-0.39, 0.29) is 5.54 Å². The SMILES string of the molecule is O=C(Cc1ccc(Cl)cc1)C1(N2CCOCC2)CCCC1. The van der Waals surface area contributed by atoms with E-state index in [2.05, 4.69) is 4.90 Å². The molecule has 114 valence electrons. The highest BCUT2D eigenvalue weighted by molar-refractivity contribution is 6.30. The molecule has 3 nitrogen and oxygen atoms in total. The Morgan fingerprint density at radius 3 is 2.38 bits per heavy atom. The second-order valence-electron chi connectivity index (χ2n) is 6.06. The fourth-order valence-electron chi connectivity index (χ4n) is 3.67. The molecule has 2 fully saturated rings. The Balaban J connectivity index is 1.76. The van der Waals surface area contributed by atoms with Crippen LogP contribution in [0.3, 0.4) is 0 Å². The topological polar surface area (TPSA) is 29.5 Å². The molecular formula is C17H22ClNO2. The minimum Gasteiger partial charge on any atom is -0.379 e. The molecule has 1 saturated carbocycles. The standard InChI is InChI=1S/C17H22ClNO2/c18-15-5-3-14(4-6-15)13-16(20)17(7-1-2-8-17)19-9-11-21-12-10-19/h3-6H,1-2,7-13H2. The predicted octanol–water partition coefficient (Wildman–Crippen LogP) is 3.10. The second kappa shape index (κ2) is 6.47. The van der Waals surface area contributed by atoms with Crippen molar-refractivity contribution in [3.63, 3.8) is 0 Å². The van der Waals surface area contributed by atoms with E-state index >= 15 is 0 Å². The van der Waals surface area contributed by atoms with Crippen molar-refractivity contribution in [3.05, 3.63) is 34.9 Å². The van der Waals surface area contributed by atoms with E-state index in [1.165, 1.54) is 0 Å². The Hall–Kier alpha value is -0.900. The van der Waals surface area contributed by atoms with Gasteiger partial charge in [-0.3, -0.25) is 9.69 Å². The second-order valence-corrected chi connectivity index (χ2v) is 6.50. The molecule has 1 aromatic carbocycles. The minimum atomic E-state index is -0.247. The fraction of sp³-hybridized carbons (Fsp3) is 0.588. The van der Waals surface area contributed by atoms with Gasteiger partial charge >= 0.3 is 0 Å². The average molecular weight is 308 g/mol. The van der Waals surface area contributed by atoms with E-state index in [0.29, 0.717) is 12.2 Å². The Morgan fingerprint density at radius 2 is 1.76 bits per heavy atom. The summed E-state index contributed by atoms with van der Waals surface area (Å²) in [6.07, 6.45) is 4.82. The number of ketones is 1. The highest BCUT2D eigenvalue weighted by Gasteiger charge is 2.45. The summed E-state index contributed by atoms with van der Waals surface area (Å²) < 4.78 is 5.45. The predicted molar refractivity (Wildman–Crippen MR) is 83.8 cm³/mol. The van der Waals surface area contributed by atoms with Gasteiger partial charge in [0.15, 0.2) is 5.78 Å². The third-order valence-corrected chi connectivity index (χ3v) is 5.10. The molecule has 3 rings (SSSR count). The number of hydrogen-bond acceptors (Lipinski definition) is 3. The van der Waals surface area contributed by atoms with Gasteiger partial charge in [0.2, 0.25) is 0 Å². The van der Waals surface area contributed by atoms with Crippen molar-refractivity contribution < 1.29 is 9.53 Å². The summed E-state index contributed by atoms with van der Waals surface area (Å²) in [5, 5.41) is 0.718. The van der Waals surface area contributed by atoms with Gasteiger partial charge in [-0.2, -0.15) is 0 Å². The first-order chi connectivity index (χ1) is 10.2. The summed E-state index contributed by atoms with van der Waals surface area (Å²) in [6.45, 7) is 3.25. The lowest BCUT2D eigenvalue weighted by Gasteiger charge is -2.42. The van der Waals surface area contributed by atoms with Crippen LogP contribution in [0.15, 0.2) is 24.3 Å². The number of rotatable bonds is 4. The number of halogens is 1. The van der Waals surface area contributed by atoms with Gasteiger partial charge in [0.05, 0.1) is 18.8 Å². The fourth-order valence-corrected chi connectivity index (χ4v) is 3.80. The molecule has 0 bridgehead atoms. The lowest BCUT2D eigenvalue weighted by Crippen LogP contribution is -2.57. The van der Waals surface area contributed by atoms with Gasteiger partial charge in [0, 0.05) is 24.5 Å². The maximum Gasteiger partial charge on any atom is 0.157 e. The molecule has 0 unspecified atom stereocenters. The number of carbonyl (C=O) groups excluding carboxylic acids is 1. The molecule has 0 amide bonds. The molecule has 4 heteroatoms. The maximum absolute atomic E-state index is 13.0. The van der Waals surface area contributed by atoms with Crippen LogP contribution in [0.2, 0.25) is 5.02 Å². The van der Waals surface area contributed by atoms with Gasteiger partial charge in [-0.15, -0.1) is 0 Å². The summed E-state index contributed by atoms with van der Waals surface area (Å²) in [6, 6.07) is 7.64. The highest BCUT2D eigenvalue weighted by atomic mass is 35.5. The molecule has 1 aliphatic heterocycles. The van der Waals surface area contributed by atoms with Crippen LogP contribution >= 0.6 is 11.6 Å². The molecule has 1 aliphatic carbocycles. The highest BCUT2D eigenvalue weighted by Crippen LogP contribution is 2.37. The van der Waals surface area contributed by atoms with Crippen LogP contribution in [0, 0.1) is 0 Å². The molecule has 0 atom stereocenters. The van der Waals surface area contributed by atoms with Gasteiger partial charge in [-0.05, 0) is 30.5 Å². The first-order valence-corrected chi connectivity index (χ1v) is 8.19. The molecule has 1 aromatic rings. The third kappa shape index (κ3) is 3.15. The monoisotopic (exact) mass is 307 g/mol. The van der Waals surface area contributed by atoms with Crippen molar-refractivity contribution in [1.82, 2.24) is 4.90 Å². The van der Waals surface area contributed by atoms with E-state index < -0.39 is 0 Å². The molecule has 21 heavy (non-hydrogen) atoms. The van der Waals surface area contributed by atoms with Crippen molar-refractivity contribution in [2.24, 2.45) is 0 Å². The zero-order valence-electron chi connectivity index (χ0n) is 12.3. The summed E-state index contributed by atoms with van der Waals surface area (Å²) in [7, 11) is 0.